The van der Waals surface area contributed by atoms with Gasteiger partial charge in [0.15, 0.2) is 5.82 Å². The molecule has 0 atom stereocenters. The Balaban J connectivity index is 1.54. The molecule has 2 aliphatic rings. The van der Waals surface area contributed by atoms with Crippen molar-refractivity contribution >= 4 is 26.3 Å². The minimum absolute atomic E-state index is 0.235. The Bertz CT molecular complexity index is 814. The van der Waals surface area contributed by atoms with Crippen LogP contribution in [0.1, 0.15) is 67.6 Å². The molecule has 24 heavy (non-hydrogen) atoms. The first-order valence-electron chi connectivity index (χ1n) is 8.69. The Kier molecular flexibility index (Phi) is 4.34. The number of piperidine rings is 1. The number of hydrogen-bond acceptors (Lipinski definition) is 6. The van der Waals surface area contributed by atoms with Crippen LogP contribution in [0.5, 0.6) is 0 Å². The van der Waals surface area contributed by atoms with E-state index in [1.807, 2.05) is 4.52 Å². The molecular weight excluding hydrogens is 346 g/mol. The highest BCUT2D eigenvalue weighted by molar-refractivity contribution is 7.88. The van der Waals surface area contributed by atoms with Crippen molar-refractivity contribution in [2.24, 2.45) is 0 Å². The van der Waals surface area contributed by atoms with Gasteiger partial charge in [-0.25, -0.2) is 12.7 Å². The summed E-state index contributed by atoms with van der Waals surface area (Å²) < 4.78 is 26.8. The van der Waals surface area contributed by atoms with Crippen LogP contribution in [0.4, 0.5) is 0 Å². The molecule has 4 rings (SSSR count). The van der Waals surface area contributed by atoms with Crippen LogP contribution in [0.15, 0.2) is 0 Å². The fourth-order valence-electron chi connectivity index (χ4n) is 3.86. The SMILES string of the molecule is CS(=O)(=O)N1CCC(c2nnc3sc(C4CCCCC4)nn23)CC1. The summed E-state index contributed by atoms with van der Waals surface area (Å²) in [5, 5.41) is 14.7. The van der Waals surface area contributed by atoms with E-state index in [9.17, 15) is 8.42 Å². The van der Waals surface area contributed by atoms with Crippen molar-refractivity contribution in [3.8, 4) is 0 Å². The molecule has 1 aliphatic heterocycles. The average Bonchev–Trinajstić information content (AvgIpc) is 3.15. The number of nitrogens with zero attached hydrogens (tertiary/aromatic N) is 5. The predicted octanol–water partition coefficient (Wildman–Crippen LogP) is 2.37. The van der Waals surface area contributed by atoms with Gasteiger partial charge in [-0.2, -0.15) is 9.61 Å². The van der Waals surface area contributed by atoms with E-state index in [1.54, 1.807) is 15.6 Å². The van der Waals surface area contributed by atoms with Gasteiger partial charge in [-0.3, -0.25) is 0 Å². The molecule has 2 aromatic heterocycles. The van der Waals surface area contributed by atoms with Crippen LogP contribution in [0.3, 0.4) is 0 Å². The highest BCUT2D eigenvalue weighted by Gasteiger charge is 2.30. The van der Waals surface area contributed by atoms with E-state index >= 15 is 0 Å². The highest BCUT2D eigenvalue weighted by atomic mass is 32.2. The van der Waals surface area contributed by atoms with Crippen LogP contribution in [-0.2, 0) is 10.0 Å². The average molecular weight is 370 g/mol. The van der Waals surface area contributed by atoms with Gasteiger partial charge in [0.25, 0.3) is 0 Å². The fraction of sp³-hybridized carbons (Fsp3) is 0.800. The summed E-state index contributed by atoms with van der Waals surface area (Å²) in [5.74, 6) is 1.71. The first-order valence-corrected chi connectivity index (χ1v) is 11.4. The minimum Gasteiger partial charge on any atom is -0.213 e. The maximum Gasteiger partial charge on any atom is 0.234 e. The van der Waals surface area contributed by atoms with Gasteiger partial charge in [0.2, 0.25) is 15.0 Å². The maximum atomic E-state index is 11.7. The van der Waals surface area contributed by atoms with E-state index in [2.05, 4.69) is 10.2 Å². The smallest absolute Gasteiger partial charge is 0.213 e. The van der Waals surface area contributed by atoms with Crippen molar-refractivity contribution in [2.75, 3.05) is 19.3 Å². The molecule has 1 saturated heterocycles. The van der Waals surface area contributed by atoms with Crippen LogP contribution in [0, 0.1) is 0 Å². The molecule has 0 amide bonds. The molecule has 0 spiro atoms. The van der Waals surface area contributed by atoms with Gasteiger partial charge >= 0.3 is 0 Å². The zero-order valence-corrected chi connectivity index (χ0v) is 15.5. The second kappa shape index (κ2) is 6.34. The molecule has 0 aromatic carbocycles. The van der Waals surface area contributed by atoms with Crippen molar-refractivity contribution in [2.45, 2.75) is 56.8 Å². The Morgan fingerprint density at radius 2 is 1.71 bits per heavy atom. The molecule has 0 unspecified atom stereocenters. The van der Waals surface area contributed by atoms with Crippen molar-refractivity contribution < 1.29 is 8.42 Å². The summed E-state index contributed by atoms with van der Waals surface area (Å²) in [6, 6.07) is 0. The second-order valence-corrected chi connectivity index (χ2v) is 9.93. The minimum atomic E-state index is -3.09. The first-order chi connectivity index (χ1) is 11.5. The molecule has 2 fully saturated rings. The summed E-state index contributed by atoms with van der Waals surface area (Å²) in [6.07, 6.45) is 9.22. The lowest BCUT2D eigenvalue weighted by molar-refractivity contribution is 0.313. The highest BCUT2D eigenvalue weighted by Crippen LogP contribution is 2.36. The lowest BCUT2D eigenvalue weighted by Gasteiger charge is -2.28. The second-order valence-electron chi connectivity index (χ2n) is 6.96. The Morgan fingerprint density at radius 1 is 1.00 bits per heavy atom. The predicted molar refractivity (Wildman–Crippen MR) is 92.9 cm³/mol. The van der Waals surface area contributed by atoms with E-state index in [0.717, 1.165) is 23.6 Å². The summed E-state index contributed by atoms with van der Waals surface area (Å²) >= 11 is 1.67. The molecule has 0 N–H and O–H groups in total. The zero-order valence-electron chi connectivity index (χ0n) is 13.9. The fourth-order valence-corrected chi connectivity index (χ4v) is 5.75. The van der Waals surface area contributed by atoms with E-state index in [4.69, 9.17) is 5.10 Å². The van der Waals surface area contributed by atoms with Gasteiger partial charge in [0.05, 0.1) is 6.26 Å². The molecule has 1 saturated carbocycles. The molecule has 0 bridgehead atoms. The molecule has 3 heterocycles. The third-order valence-corrected chi connectivity index (χ3v) is 7.64. The first kappa shape index (κ1) is 16.4. The molecule has 9 heteroatoms. The third-order valence-electron chi connectivity index (χ3n) is 5.27. The van der Waals surface area contributed by atoms with E-state index in [-0.39, 0.29) is 5.92 Å². The Morgan fingerprint density at radius 3 is 2.38 bits per heavy atom. The van der Waals surface area contributed by atoms with Gasteiger partial charge < -0.3 is 0 Å². The number of fused-ring (bicyclic) bond motifs is 1. The molecule has 1 aliphatic carbocycles. The number of hydrogen-bond donors (Lipinski definition) is 0. The van der Waals surface area contributed by atoms with Crippen LogP contribution in [0.2, 0.25) is 0 Å². The molecule has 7 nitrogen and oxygen atoms in total. The molecule has 132 valence electrons. The van der Waals surface area contributed by atoms with Crippen LogP contribution < -0.4 is 0 Å². The standard InChI is InChI=1S/C15H23N5O2S2/c1-24(21,22)19-9-7-11(8-10-19)13-16-17-15-20(13)18-14(23-15)12-5-3-2-4-6-12/h11-12H,2-10H2,1H3. The van der Waals surface area contributed by atoms with E-state index < -0.39 is 10.0 Å². The van der Waals surface area contributed by atoms with Crippen molar-refractivity contribution in [3.05, 3.63) is 10.8 Å². The molecule has 2 aromatic rings. The largest absolute Gasteiger partial charge is 0.234 e. The van der Waals surface area contributed by atoms with Crippen LogP contribution >= 0.6 is 11.3 Å². The number of rotatable bonds is 3. The van der Waals surface area contributed by atoms with Gasteiger partial charge in [0, 0.05) is 24.9 Å². The Labute approximate surface area is 146 Å². The molecule has 0 radical (unpaired) electrons. The maximum absolute atomic E-state index is 11.7. The van der Waals surface area contributed by atoms with E-state index in [0.29, 0.717) is 19.0 Å². The van der Waals surface area contributed by atoms with E-state index in [1.165, 1.54) is 43.4 Å². The van der Waals surface area contributed by atoms with Gasteiger partial charge in [-0.15, -0.1) is 10.2 Å². The van der Waals surface area contributed by atoms with Crippen molar-refractivity contribution in [3.63, 3.8) is 0 Å². The number of aromatic nitrogens is 4. The normalized spacial score (nSPS) is 22.4. The molecular formula is C15H23N5O2S2. The zero-order chi connectivity index (χ0) is 16.7. The lowest BCUT2D eigenvalue weighted by Crippen LogP contribution is -2.37. The van der Waals surface area contributed by atoms with Crippen LogP contribution in [-0.4, -0.2) is 51.9 Å². The van der Waals surface area contributed by atoms with Crippen molar-refractivity contribution in [1.29, 1.82) is 0 Å². The monoisotopic (exact) mass is 369 g/mol. The summed E-state index contributed by atoms with van der Waals surface area (Å²) in [6.45, 7) is 1.11. The third kappa shape index (κ3) is 3.09. The van der Waals surface area contributed by atoms with Crippen molar-refractivity contribution in [1.82, 2.24) is 24.1 Å². The van der Waals surface area contributed by atoms with Gasteiger partial charge in [-0.1, -0.05) is 30.6 Å². The van der Waals surface area contributed by atoms with Crippen LogP contribution in [0.25, 0.3) is 4.96 Å². The quantitative estimate of drug-likeness (QED) is 0.830. The topological polar surface area (TPSA) is 80.5 Å². The summed E-state index contributed by atoms with van der Waals surface area (Å²) in [7, 11) is -3.09. The lowest BCUT2D eigenvalue weighted by atomic mass is 9.90. The van der Waals surface area contributed by atoms with Gasteiger partial charge in [0.1, 0.15) is 5.01 Å². The Hall–Kier alpha value is -1.06. The van der Waals surface area contributed by atoms with Gasteiger partial charge in [-0.05, 0) is 25.7 Å². The number of sulfonamides is 1. The summed E-state index contributed by atoms with van der Waals surface area (Å²) in [4.78, 5) is 0.871. The summed E-state index contributed by atoms with van der Waals surface area (Å²) in [5.41, 5.74) is 0.